The number of aromatic nitrogens is 3. The van der Waals surface area contributed by atoms with Crippen molar-refractivity contribution in [3.63, 3.8) is 0 Å². The summed E-state index contributed by atoms with van der Waals surface area (Å²) in [6.07, 6.45) is 1.76. The topological polar surface area (TPSA) is 58.4 Å². The van der Waals surface area contributed by atoms with Crippen molar-refractivity contribution in [2.45, 2.75) is 0 Å². The fraction of sp³-hybridized carbons (Fsp3) is 0.167. The van der Waals surface area contributed by atoms with Crippen LogP contribution in [-0.2, 0) is 0 Å². The third kappa shape index (κ3) is 3.77. The minimum atomic E-state index is 0.437. The zero-order valence-corrected chi connectivity index (χ0v) is 15.1. The summed E-state index contributed by atoms with van der Waals surface area (Å²) in [7, 11) is 5.65. The number of H-pyrrole nitrogens is 1. The largest absolute Gasteiger partial charge is 0.497 e. The van der Waals surface area contributed by atoms with Gasteiger partial charge < -0.3 is 9.64 Å². The van der Waals surface area contributed by atoms with Gasteiger partial charge in [-0.05, 0) is 54.2 Å². The van der Waals surface area contributed by atoms with Crippen LogP contribution in [0.25, 0.3) is 11.4 Å². The van der Waals surface area contributed by atoms with E-state index in [1.54, 1.807) is 18.0 Å². The lowest BCUT2D eigenvalue weighted by Gasteiger charge is -2.11. The van der Waals surface area contributed by atoms with E-state index in [-0.39, 0.29) is 0 Å². The normalized spacial score (nSPS) is 11.0. The molecule has 1 heterocycles. The number of ether oxygens (including phenoxy) is 1. The fourth-order valence-corrected chi connectivity index (χ4v) is 2.49. The van der Waals surface area contributed by atoms with Crippen molar-refractivity contribution in [1.82, 2.24) is 14.9 Å². The van der Waals surface area contributed by atoms with Crippen LogP contribution < -0.4 is 9.64 Å². The zero-order valence-electron chi connectivity index (χ0n) is 14.3. The maximum atomic E-state index is 5.29. The number of benzene rings is 2. The Bertz CT molecular complexity index is 923. The Morgan fingerprint density at radius 1 is 1.12 bits per heavy atom. The summed E-state index contributed by atoms with van der Waals surface area (Å²) in [5.74, 6) is 1.43. The van der Waals surface area contributed by atoms with Crippen LogP contribution >= 0.6 is 12.2 Å². The molecule has 7 heteroatoms. The Labute approximate surface area is 151 Å². The van der Waals surface area contributed by atoms with Crippen LogP contribution in [0.15, 0.2) is 53.6 Å². The molecule has 0 aliphatic rings. The molecule has 1 N–H and O–H groups in total. The highest BCUT2D eigenvalue weighted by Crippen LogP contribution is 2.21. The van der Waals surface area contributed by atoms with Gasteiger partial charge in [0.05, 0.1) is 13.3 Å². The Kier molecular flexibility index (Phi) is 4.95. The first-order valence-electron chi connectivity index (χ1n) is 7.72. The van der Waals surface area contributed by atoms with Gasteiger partial charge in [0.2, 0.25) is 4.77 Å². The van der Waals surface area contributed by atoms with Gasteiger partial charge in [0, 0.05) is 25.3 Å². The van der Waals surface area contributed by atoms with Gasteiger partial charge >= 0.3 is 0 Å². The lowest BCUT2D eigenvalue weighted by Crippen LogP contribution is -2.08. The van der Waals surface area contributed by atoms with Crippen LogP contribution in [0.5, 0.6) is 5.75 Å². The number of anilines is 1. The third-order valence-electron chi connectivity index (χ3n) is 3.73. The SMILES string of the molecule is COc1ccc(-c2n[nH]c(=S)n2/N=C/c2ccc(N(C)C)cc2)cc1. The van der Waals surface area contributed by atoms with Gasteiger partial charge in [-0.15, -0.1) is 0 Å². The molecule has 0 saturated carbocycles. The second-order valence-corrected chi connectivity index (χ2v) is 6.01. The molecule has 0 aliphatic carbocycles. The maximum absolute atomic E-state index is 5.29. The number of aromatic amines is 1. The number of hydrogen-bond donors (Lipinski definition) is 1. The second-order valence-electron chi connectivity index (χ2n) is 5.62. The summed E-state index contributed by atoms with van der Waals surface area (Å²) in [6.45, 7) is 0. The van der Waals surface area contributed by atoms with E-state index in [9.17, 15) is 0 Å². The van der Waals surface area contributed by atoms with Crippen molar-refractivity contribution in [3.05, 3.63) is 58.9 Å². The van der Waals surface area contributed by atoms with Crippen molar-refractivity contribution in [2.75, 3.05) is 26.1 Å². The maximum Gasteiger partial charge on any atom is 0.216 e. The highest BCUT2D eigenvalue weighted by Gasteiger charge is 2.08. The van der Waals surface area contributed by atoms with E-state index in [2.05, 4.69) is 20.2 Å². The first-order chi connectivity index (χ1) is 12.1. The molecule has 0 unspecified atom stereocenters. The summed E-state index contributed by atoms with van der Waals surface area (Å²) >= 11 is 5.29. The first kappa shape index (κ1) is 16.9. The predicted molar refractivity (Wildman–Crippen MR) is 103 cm³/mol. The molecule has 2 aromatic carbocycles. The lowest BCUT2D eigenvalue weighted by atomic mass is 10.2. The van der Waals surface area contributed by atoms with E-state index in [4.69, 9.17) is 17.0 Å². The van der Waals surface area contributed by atoms with E-state index >= 15 is 0 Å². The summed E-state index contributed by atoms with van der Waals surface area (Å²) in [6, 6.07) is 15.7. The van der Waals surface area contributed by atoms with E-state index in [0.717, 1.165) is 22.6 Å². The van der Waals surface area contributed by atoms with Crippen LogP contribution in [0.1, 0.15) is 5.56 Å². The van der Waals surface area contributed by atoms with Gasteiger partial charge in [0.15, 0.2) is 5.82 Å². The molecule has 6 nitrogen and oxygen atoms in total. The molecule has 0 saturated heterocycles. The van der Waals surface area contributed by atoms with E-state index in [1.165, 1.54) is 0 Å². The van der Waals surface area contributed by atoms with Gasteiger partial charge in [0.25, 0.3) is 0 Å². The monoisotopic (exact) mass is 353 g/mol. The van der Waals surface area contributed by atoms with Crippen LogP contribution in [0.4, 0.5) is 5.69 Å². The fourth-order valence-electron chi connectivity index (χ4n) is 2.31. The minimum absolute atomic E-state index is 0.437. The molecule has 3 aromatic rings. The smallest absolute Gasteiger partial charge is 0.216 e. The van der Waals surface area contributed by atoms with Crippen molar-refractivity contribution in [3.8, 4) is 17.1 Å². The molecule has 0 radical (unpaired) electrons. The van der Waals surface area contributed by atoms with Crippen LogP contribution in [0.3, 0.4) is 0 Å². The Morgan fingerprint density at radius 2 is 1.80 bits per heavy atom. The summed E-state index contributed by atoms with van der Waals surface area (Å²) < 4.78 is 7.23. The predicted octanol–water partition coefficient (Wildman–Crippen LogP) is 3.56. The average Bonchev–Trinajstić information content (AvgIpc) is 3.01. The molecule has 25 heavy (non-hydrogen) atoms. The number of methoxy groups -OCH3 is 1. The summed E-state index contributed by atoms with van der Waals surface area (Å²) in [5.41, 5.74) is 3.01. The van der Waals surface area contributed by atoms with Crippen molar-refractivity contribution in [1.29, 1.82) is 0 Å². The standard InChI is InChI=1S/C18H19N5OS/c1-22(2)15-8-4-13(5-9-15)12-19-23-17(20-21-18(23)25)14-6-10-16(24-3)11-7-14/h4-12H,1-3H3,(H,21,25)/b19-12+. The molecular weight excluding hydrogens is 334 g/mol. The van der Waals surface area contributed by atoms with Crippen molar-refractivity contribution < 1.29 is 4.74 Å². The lowest BCUT2D eigenvalue weighted by molar-refractivity contribution is 0.415. The molecule has 1 aromatic heterocycles. The highest BCUT2D eigenvalue weighted by molar-refractivity contribution is 7.71. The number of nitrogens with zero attached hydrogens (tertiary/aromatic N) is 4. The van der Waals surface area contributed by atoms with Gasteiger partial charge in [-0.2, -0.15) is 14.9 Å². The summed E-state index contributed by atoms with van der Waals surface area (Å²) in [4.78, 5) is 2.05. The number of hydrogen-bond acceptors (Lipinski definition) is 5. The second kappa shape index (κ2) is 7.31. The zero-order chi connectivity index (χ0) is 17.8. The first-order valence-corrected chi connectivity index (χ1v) is 8.13. The molecule has 0 aliphatic heterocycles. The Morgan fingerprint density at radius 3 is 2.40 bits per heavy atom. The summed E-state index contributed by atoms with van der Waals surface area (Å²) in [5, 5.41) is 11.5. The quantitative estimate of drug-likeness (QED) is 0.563. The molecule has 0 amide bonds. The molecule has 128 valence electrons. The molecule has 0 bridgehead atoms. The molecule has 0 atom stereocenters. The van der Waals surface area contributed by atoms with Crippen molar-refractivity contribution in [2.24, 2.45) is 5.10 Å². The van der Waals surface area contributed by atoms with E-state index in [0.29, 0.717) is 10.6 Å². The van der Waals surface area contributed by atoms with Gasteiger partial charge in [-0.1, -0.05) is 12.1 Å². The molecule has 0 spiro atoms. The van der Waals surface area contributed by atoms with Gasteiger partial charge in [-0.25, -0.2) is 5.10 Å². The molecule has 0 fully saturated rings. The average molecular weight is 353 g/mol. The minimum Gasteiger partial charge on any atom is -0.497 e. The molecular formula is C18H19N5OS. The van der Waals surface area contributed by atoms with Gasteiger partial charge in [0.1, 0.15) is 5.75 Å². The Balaban J connectivity index is 1.89. The number of nitrogens with one attached hydrogen (secondary N) is 1. The molecule has 3 rings (SSSR count). The van der Waals surface area contributed by atoms with Crippen molar-refractivity contribution >= 4 is 24.1 Å². The van der Waals surface area contributed by atoms with Crippen LogP contribution in [0, 0.1) is 4.77 Å². The van der Waals surface area contributed by atoms with E-state index < -0.39 is 0 Å². The van der Waals surface area contributed by atoms with Crippen LogP contribution in [0.2, 0.25) is 0 Å². The third-order valence-corrected chi connectivity index (χ3v) is 3.99. The van der Waals surface area contributed by atoms with E-state index in [1.807, 2.05) is 62.6 Å². The Hall–Kier alpha value is -2.93. The van der Waals surface area contributed by atoms with Crippen LogP contribution in [-0.4, -0.2) is 42.3 Å². The van der Waals surface area contributed by atoms with Gasteiger partial charge in [-0.3, -0.25) is 0 Å². The number of rotatable bonds is 5. The highest BCUT2D eigenvalue weighted by atomic mass is 32.1.